The lowest BCUT2D eigenvalue weighted by atomic mass is 10.1. The average molecular weight is 381 g/mol. The molecule has 28 heavy (non-hydrogen) atoms. The summed E-state index contributed by atoms with van der Waals surface area (Å²) >= 11 is 0. The third-order valence-electron chi connectivity index (χ3n) is 4.36. The molecule has 7 heteroatoms. The highest BCUT2D eigenvalue weighted by molar-refractivity contribution is 5.94. The number of aromatic nitrogens is 2. The van der Waals surface area contributed by atoms with Crippen molar-refractivity contribution in [3.05, 3.63) is 71.5 Å². The number of methoxy groups -OCH3 is 3. The standard InChI is InChI=1S/C21H23N3O4/c1-26-17-11-19(27-2)18(20(12-17)28-3)13-22-21(25)16-7-5-15(6-8-16)14-24-10-4-9-23-24/h4-12H,13-14H2,1-3H3,(H,22,25). The van der Waals surface area contributed by atoms with E-state index in [-0.39, 0.29) is 12.5 Å². The fourth-order valence-electron chi connectivity index (χ4n) is 2.87. The Balaban J connectivity index is 1.68. The highest BCUT2D eigenvalue weighted by Crippen LogP contribution is 2.33. The van der Waals surface area contributed by atoms with Gasteiger partial charge in [-0.3, -0.25) is 9.48 Å². The molecule has 0 spiro atoms. The molecule has 146 valence electrons. The van der Waals surface area contributed by atoms with Crippen LogP contribution in [0.4, 0.5) is 0 Å². The molecule has 0 aliphatic heterocycles. The Hall–Kier alpha value is -3.48. The molecule has 0 fully saturated rings. The lowest BCUT2D eigenvalue weighted by Crippen LogP contribution is -2.23. The van der Waals surface area contributed by atoms with Gasteiger partial charge in [0.1, 0.15) is 17.2 Å². The molecule has 1 amide bonds. The van der Waals surface area contributed by atoms with Gasteiger partial charge in [0.05, 0.1) is 40.0 Å². The van der Waals surface area contributed by atoms with Gasteiger partial charge in [-0.25, -0.2) is 0 Å². The molecule has 0 atom stereocenters. The lowest BCUT2D eigenvalue weighted by molar-refractivity contribution is 0.0950. The van der Waals surface area contributed by atoms with Crippen LogP contribution in [0.15, 0.2) is 54.9 Å². The highest BCUT2D eigenvalue weighted by atomic mass is 16.5. The molecule has 1 N–H and O–H groups in total. The van der Waals surface area contributed by atoms with Gasteiger partial charge in [0, 0.05) is 30.1 Å². The van der Waals surface area contributed by atoms with E-state index in [0.29, 0.717) is 29.4 Å². The minimum atomic E-state index is -0.175. The molecule has 2 aromatic carbocycles. The van der Waals surface area contributed by atoms with E-state index in [4.69, 9.17) is 14.2 Å². The van der Waals surface area contributed by atoms with Crippen LogP contribution < -0.4 is 19.5 Å². The molecule has 0 saturated carbocycles. The van der Waals surface area contributed by atoms with E-state index in [1.807, 2.05) is 29.1 Å². The summed E-state index contributed by atoms with van der Waals surface area (Å²) in [6.45, 7) is 0.930. The zero-order valence-corrected chi connectivity index (χ0v) is 16.1. The van der Waals surface area contributed by atoms with Crippen LogP contribution in [-0.2, 0) is 13.1 Å². The van der Waals surface area contributed by atoms with Gasteiger partial charge in [0.15, 0.2) is 0 Å². The molecule has 0 unspecified atom stereocenters. The average Bonchev–Trinajstić information content (AvgIpc) is 3.24. The number of rotatable bonds is 8. The molecule has 0 bridgehead atoms. The Bertz CT molecular complexity index is 896. The van der Waals surface area contributed by atoms with E-state index in [1.165, 1.54) is 0 Å². The molecular formula is C21H23N3O4. The van der Waals surface area contributed by atoms with Gasteiger partial charge in [-0.2, -0.15) is 5.10 Å². The quantitative estimate of drug-likeness (QED) is 0.649. The van der Waals surface area contributed by atoms with E-state index in [9.17, 15) is 4.79 Å². The molecule has 0 saturated heterocycles. The second kappa shape index (κ2) is 8.94. The minimum absolute atomic E-state index is 0.175. The maximum Gasteiger partial charge on any atom is 0.251 e. The van der Waals surface area contributed by atoms with Crippen molar-refractivity contribution in [3.8, 4) is 17.2 Å². The van der Waals surface area contributed by atoms with Crippen molar-refractivity contribution in [2.75, 3.05) is 21.3 Å². The Morgan fingerprint density at radius 3 is 2.25 bits per heavy atom. The first kappa shape index (κ1) is 19.3. The molecule has 7 nitrogen and oxygen atoms in total. The number of ether oxygens (including phenoxy) is 3. The maximum absolute atomic E-state index is 12.5. The Morgan fingerprint density at radius 1 is 1.04 bits per heavy atom. The molecule has 3 aromatic rings. The molecule has 3 rings (SSSR count). The first-order valence-corrected chi connectivity index (χ1v) is 8.78. The number of nitrogens with one attached hydrogen (secondary N) is 1. The summed E-state index contributed by atoms with van der Waals surface area (Å²) in [4.78, 5) is 12.5. The summed E-state index contributed by atoms with van der Waals surface area (Å²) in [6.07, 6.45) is 3.64. The summed E-state index contributed by atoms with van der Waals surface area (Å²) in [5, 5.41) is 7.09. The van der Waals surface area contributed by atoms with E-state index < -0.39 is 0 Å². The Morgan fingerprint density at radius 2 is 1.71 bits per heavy atom. The molecule has 1 aromatic heterocycles. The number of hydrogen-bond donors (Lipinski definition) is 1. The molecule has 0 radical (unpaired) electrons. The number of benzene rings is 2. The molecule has 0 aliphatic rings. The largest absolute Gasteiger partial charge is 0.496 e. The van der Waals surface area contributed by atoms with Crippen molar-refractivity contribution in [1.82, 2.24) is 15.1 Å². The predicted molar refractivity (Wildman–Crippen MR) is 105 cm³/mol. The fraction of sp³-hybridized carbons (Fsp3) is 0.238. The van der Waals surface area contributed by atoms with Crippen LogP contribution in [-0.4, -0.2) is 37.0 Å². The second-order valence-corrected chi connectivity index (χ2v) is 6.09. The third-order valence-corrected chi connectivity index (χ3v) is 4.36. The van der Waals surface area contributed by atoms with E-state index in [0.717, 1.165) is 11.1 Å². The molecule has 0 aliphatic carbocycles. The van der Waals surface area contributed by atoms with Crippen molar-refractivity contribution in [2.24, 2.45) is 0 Å². The van der Waals surface area contributed by atoms with Crippen LogP contribution in [0, 0.1) is 0 Å². The molecule has 1 heterocycles. The van der Waals surface area contributed by atoms with Crippen LogP contribution in [0.3, 0.4) is 0 Å². The molecular weight excluding hydrogens is 358 g/mol. The second-order valence-electron chi connectivity index (χ2n) is 6.09. The summed E-state index contributed by atoms with van der Waals surface area (Å²) in [6, 6.07) is 12.8. The highest BCUT2D eigenvalue weighted by Gasteiger charge is 2.15. The zero-order chi connectivity index (χ0) is 19.9. The van der Waals surface area contributed by atoms with Gasteiger partial charge in [-0.05, 0) is 23.8 Å². The Labute approximate surface area is 163 Å². The summed E-state index contributed by atoms with van der Waals surface area (Å²) in [7, 11) is 4.71. The van der Waals surface area contributed by atoms with Gasteiger partial charge in [-0.15, -0.1) is 0 Å². The number of amides is 1. The normalized spacial score (nSPS) is 10.4. The van der Waals surface area contributed by atoms with E-state index in [2.05, 4.69) is 10.4 Å². The summed E-state index contributed by atoms with van der Waals surface area (Å²) in [5.74, 6) is 1.62. The number of hydrogen-bond acceptors (Lipinski definition) is 5. The van der Waals surface area contributed by atoms with Crippen molar-refractivity contribution in [2.45, 2.75) is 13.1 Å². The van der Waals surface area contributed by atoms with Crippen molar-refractivity contribution >= 4 is 5.91 Å². The van der Waals surface area contributed by atoms with Crippen molar-refractivity contribution < 1.29 is 19.0 Å². The smallest absolute Gasteiger partial charge is 0.251 e. The van der Waals surface area contributed by atoms with E-state index in [1.54, 1.807) is 51.8 Å². The van der Waals surface area contributed by atoms with Crippen molar-refractivity contribution in [1.29, 1.82) is 0 Å². The predicted octanol–water partition coefficient (Wildman–Crippen LogP) is 2.89. The van der Waals surface area contributed by atoms with Gasteiger partial charge >= 0.3 is 0 Å². The fourth-order valence-corrected chi connectivity index (χ4v) is 2.87. The van der Waals surface area contributed by atoms with E-state index >= 15 is 0 Å². The number of carbonyl (C=O) groups excluding carboxylic acids is 1. The van der Waals surface area contributed by atoms with Crippen LogP contribution in [0.25, 0.3) is 0 Å². The van der Waals surface area contributed by atoms with Gasteiger partial charge in [0.25, 0.3) is 5.91 Å². The third kappa shape index (κ3) is 4.43. The number of nitrogens with zero attached hydrogens (tertiary/aromatic N) is 2. The topological polar surface area (TPSA) is 74.6 Å². The SMILES string of the molecule is COc1cc(OC)c(CNC(=O)c2ccc(Cn3cccn3)cc2)c(OC)c1. The van der Waals surface area contributed by atoms with Crippen molar-refractivity contribution in [3.63, 3.8) is 0 Å². The van der Waals surface area contributed by atoms with Gasteiger partial charge in [0.2, 0.25) is 0 Å². The first-order valence-electron chi connectivity index (χ1n) is 8.78. The summed E-state index contributed by atoms with van der Waals surface area (Å²) in [5.41, 5.74) is 2.39. The minimum Gasteiger partial charge on any atom is -0.496 e. The van der Waals surface area contributed by atoms with Crippen LogP contribution >= 0.6 is 0 Å². The van der Waals surface area contributed by atoms with Crippen LogP contribution in [0.5, 0.6) is 17.2 Å². The number of carbonyl (C=O) groups is 1. The van der Waals surface area contributed by atoms with Gasteiger partial charge in [-0.1, -0.05) is 12.1 Å². The Kier molecular flexibility index (Phi) is 6.16. The maximum atomic E-state index is 12.5. The first-order chi connectivity index (χ1) is 13.6. The summed E-state index contributed by atoms with van der Waals surface area (Å²) < 4.78 is 17.9. The van der Waals surface area contributed by atoms with Gasteiger partial charge < -0.3 is 19.5 Å². The zero-order valence-electron chi connectivity index (χ0n) is 16.1. The van der Waals surface area contributed by atoms with Crippen LogP contribution in [0.1, 0.15) is 21.5 Å². The van der Waals surface area contributed by atoms with Crippen LogP contribution in [0.2, 0.25) is 0 Å². The monoisotopic (exact) mass is 381 g/mol. The lowest BCUT2D eigenvalue weighted by Gasteiger charge is -2.15.